The Labute approximate surface area is 156 Å². The molecule has 0 bridgehead atoms. The third-order valence-corrected chi connectivity index (χ3v) is 4.62. The second-order valence-electron chi connectivity index (χ2n) is 7.14. The zero-order valence-corrected chi connectivity index (χ0v) is 16.5. The standard InChI is InChI=1S/C22H43NO2/c1-2-3-4-5-6-7-8-9-10-11-12-13-14-15-16-17-18-19-22(25)21(23)20-24/h14-15,18-19,21-22,24-25H,2-13,16-17,20,23H2,1H3/b15-14+,19-18+. The van der Waals surface area contributed by atoms with E-state index in [9.17, 15) is 5.11 Å². The third kappa shape index (κ3) is 18.0. The average Bonchev–Trinajstić information content (AvgIpc) is 2.63. The minimum Gasteiger partial charge on any atom is -0.395 e. The van der Waals surface area contributed by atoms with Gasteiger partial charge in [-0.25, -0.2) is 0 Å². The smallest absolute Gasteiger partial charge is 0.0894 e. The molecule has 0 aliphatic carbocycles. The Bertz CT molecular complexity index is 315. The highest BCUT2D eigenvalue weighted by atomic mass is 16.3. The summed E-state index contributed by atoms with van der Waals surface area (Å²) in [7, 11) is 0. The topological polar surface area (TPSA) is 66.5 Å². The van der Waals surface area contributed by atoms with E-state index < -0.39 is 12.1 Å². The highest BCUT2D eigenvalue weighted by molar-refractivity contribution is 4.95. The molecule has 0 aromatic carbocycles. The van der Waals surface area contributed by atoms with Crippen molar-refractivity contribution in [2.75, 3.05) is 6.61 Å². The Morgan fingerprint density at radius 1 is 0.720 bits per heavy atom. The fourth-order valence-electron chi connectivity index (χ4n) is 2.84. The van der Waals surface area contributed by atoms with Crippen LogP contribution in [0.25, 0.3) is 0 Å². The molecule has 2 atom stereocenters. The van der Waals surface area contributed by atoms with Crippen molar-refractivity contribution in [3.8, 4) is 0 Å². The van der Waals surface area contributed by atoms with E-state index in [4.69, 9.17) is 10.8 Å². The second-order valence-corrected chi connectivity index (χ2v) is 7.14. The Hall–Kier alpha value is -0.640. The van der Waals surface area contributed by atoms with Gasteiger partial charge >= 0.3 is 0 Å². The molecule has 0 saturated heterocycles. The van der Waals surface area contributed by atoms with E-state index in [1.165, 1.54) is 77.0 Å². The van der Waals surface area contributed by atoms with Gasteiger partial charge in [0.2, 0.25) is 0 Å². The summed E-state index contributed by atoms with van der Waals surface area (Å²) in [6.45, 7) is 2.08. The summed E-state index contributed by atoms with van der Waals surface area (Å²) in [5, 5.41) is 18.4. The number of allylic oxidation sites excluding steroid dienone is 3. The molecule has 0 fully saturated rings. The molecular formula is C22H43NO2. The SMILES string of the molecule is CCCCCCCCCCCCC/C=C/CC/C=C/C(O)C(N)CO. The number of rotatable bonds is 18. The predicted molar refractivity (Wildman–Crippen MR) is 110 cm³/mol. The minimum atomic E-state index is -0.745. The van der Waals surface area contributed by atoms with Crippen LogP contribution in [-0.4, -0.2) is 29.0 Å². The summed E-state index contributed by atoms with van der Waals surface area (Å²) in [4.78, 5) is 0. The molecule has 0 aromatic heterocycles. The maximum Gasteiger partial charge on any atom is 0.0894 e. The first-order valence-corrected chi connectivity index (χ1v) is 10.6. The van der Waals surface area contributed by atoms with E-state index in [1.54, 1.807) is 6.08 Å². The fourth-order valence-corrected chi connectivity index (χ4v) is 2.84. The molecule has 0 amide bonds. The van der Waals surface area contributed by atoms with Crippen LogP contribution in [0.3, 0.4) is 0 Å². The van der Waals surface area contributed by atoms with Crippen LogP contribution in [-0.2, 0) is 0 Å². The van der Waals surface area contributed by atoms with Gasteiger partial charge in [0.05, 0.1) is 18.8 Å². The second kappa shape index (κ2) is 19.7. The molecule has 2 unspecified atom stereocenters. The summed E-state index contributed by atoms with van der Waals surface area (Å²) in [5.74, 6) is 0. The fraction of sp³-hybridized carbons (Fsp3) is 0.818. The van der Waals surface area contributed by atoms with Gasteiger partial charge in [0.1, 0.15) is 0 Å². The number of unbranched alkanes of at least 4 members (excludes halogenated alkanes) is 12. The van der Waals surface area contributed by atoms with Crippen LogP contribution >= 0.6 is 0 Å². The van der Waals surface area contributed by atoms with Crippen molar-refractivity contribution in [1.82, 2.24) is 0 Å². The molecule has 0 aromatic rings. The molecular weight excluding hydrogens is 310 g/mol. The zero-order chi connectivity index (χ0) is 18.6. The predicted octanol–water partition coefficient (Wildman–Crippen LogP) is 5.26. The molecule has 0 aliphatic heterocycles. The van der Waals surface area contributed by atoms with E-state index in [-0.39, 0.29) is 6.61 Å². The number of aliphatic hydroxyl groups excluding tert-OH is 2. The molecule has 3 heteroatoms. The van der Waals surface area contributed by atoms with Crippen LogP contribution in [0, 0.1) is 0 Å². The number of hydrogen-bond acceptors (Lipinski definition) is 3. The Morgan fingerprint density at radius 3 is 1.76 bits per heavy atom. The maximum atomic E-state index is 9.55. The van der Waals surface area contributed by atoms with Crippen molar-refractivity contribution in [1.29, 1.82) is 0 Å². The van der Waals surface area contributed by atoms with Gasteiger partial charge in [-0.3, -0.25) is 0 Å². The Kier molecular flexibility index (Phi) is 19.2. The summed E-state index contributed by atoms with van der Waals surface area (Å²) >= 11 is 0. The van der Waals surface area contributed by atoms with Crippen LogP contribution in [0.5, 0.6) is 0 Å². The molecule has 25 heavy (non-hydrogen) atoms. The Morgan fingerprint density at radius 2 is 1.20 bits per heavy atom. The van der Waals surface area contributed by atoms with Crippen LogP contribution in [0.4, 0.5) is 0 Å². The van der Waals surface area contributed by atoms with Crippen LogP contribution in [0.2, 0.25) is 0 Å². The molecule has 0 spiro atoms. The highest BCUT2D eigenvalue weighted by Crippen LogP contribution is 2.12. The maximum absolute atomic E-state index is 9.55. The van der Waals surface area contributed by atoms with Crippen molar-refractivity contribution in [3.05, 3.63) is 24.3 Å². The van der Waals surface area contributed by atoms with Gasteiger partial charge < -0.3 is 15.9 Å². The summed E-state index contributed by atoms with van der Waals surface area (Å²) in [5.41, 5.74) is 5.52. The normalized spacial score (nSPS) is 14.6. The molecule has 0 saturated carbocycles. The van der Waals surface area contributed by atoms with Crippen LogP contribution in [0.1, 0.15) is 96.8 Å². The largest absolute Gasteiger partial charge is 0.395 e. The van der Waals surface area contributed by atoms with Crippen LogP contribution in [0.15, 0.2) is 24.3 Å². The quantitative estimate of drug-likeness (QED) is 0.232. The van der Waals surface area contributed by atoms with E-state index >= 15 is 0 Å². The number of hydrogen-bond donors (Lipinski definition) is 3. The molecule has 0 radical (unpaired) electrons. The minimum absolute atomic E-state index is 0.190. The number of aliphatic hydroxyl groups is 2. The zero-order valence-electron chi connectivity index (χ0n) is 16.5. The van der Waals surface area contributed by atoms with Gasteiger partial charge in [0, 0.05) is 0 Å². The lowest BCUT2D eigenvalue weighted by atomic mass is 10.1. The molecule has 0 heterocycles. The van der Waals surface area contributed by atoms with Crippen molar-refractivity contribution < 1.29 is 10.2 Å². The first-order valence-electron chi connectivity index (χ1n) is 10.6. The number of nitrogens with two attached hydrogens (primary N) is 1. The van der Waals surface area contributed by atoms with Gasteiger partial charge in [-0.05, 0) is 25.7 Å². The molecule has 4 N–H and O–H groups in total. The molecule has 0 rings (SSSR count). The van der Waals surface area contributed by atoms with Crippen molar-refractivity contribution in [2.45, 2.75) is 109 Å². The van der Waals surface area contributed by atoms with Gasteiger partial charge in [-0.2, -0.15) is 0 Å². The lowest BCUT2D eigenvalue weighted by molar-refractivity contribution is 0.144. The summed E-state index contributed by atoms with van der Waals surface area (Å²) < 4.78 is 0. The molecule has 148 valence electrons. The monoisotopic (exact) mass is 353 g/mol. The lowest BCUT2D eigenvalue weighted by Crippen LogP contribution is -2.36. The van der Waals surface area contributed by atoms with E-state index in [1.807, 2.05) is 6.08 Å². The first-order chi connectivity index (χ1) is 12.2. The highest BCUT2D eigenvalue weighted by Gasteiger charge is 2.08. The lowest BCUT2D eigenvalue weighted by Gasteiger charge is -2.11. The van der Waals surface area contributed by atoms with Crippen molar-refractivity contribution >= 4 is 0 Å². The van der Waals surface area contributed by atoms with Gasteiger partial charge in [0.25, 0.3) is 0 Å². The van der Waals surface area contributed by atoms with Gasteiger partial charge in [-0.15, -0.1) is 0 Å². The van der Waals surface area contributed by atoms with E-state index in [2.05, 4.69) is 19.1 Å². The third-order valence-electron chi connectivity index (χ3n) is 4.62. The van der Waals surface area contributed by atoms with Crippen molar-refractivity contribution in [3.63, 3.8) is 0 Å². The van der Waals surface area contributed by atoms with E-state index in [0.29, 0.717) is 0 Å². The summed E-state index contributed by atoms with van der Waals surface area (Å²) in [6.07, 6.45) is 25.8. The Balaban J connectivity index is 3.27. The molecule has 0 aliphatic rings. The van der Waals surface area contributed by atoms with Crippen LogP contribution < -0.4 is 5.73 Å². The van der Waals surface area contributed by atoms with Gasteiger partial charge in [-0.1, -0.05) is 95.4 Å². The van der Waals surface area contributed by atoms with Gasteiger partial charge in [0.15, 0.2) is 0 Å². The average molecular weight is 354 g/mol. The summed E-state index contributed by atoms with van der Waals surface area (Å²) in [6, 6.07) is -0.576. The molecule has 3 nitrogen and oxygen atoms in total. The van der Waals surface area contributed by atoms with E-state index in [0.717, 1.165) is 12.8 Å². The first kappa shape index (κ1) is 24.4. The van der Waals surface area contributed by atoms with Crippen molar-refractivity contribution in [2.24, 2.45) is 5.73 Å².